The van der Waals surface area contributed by atoms with Gasteiger partial charge in [-0.2, -0.15) is 11.8 Å². The summed E-state index contributed by atoms with van der Waals surface area (Å²) < 4.78 is 0. The number of nitrogens with one attached hydrogen (secondary N) is 2. The summed E-state index contributed by atoms with van der Waals surface area (Å²) in [6, 6.07) is 0.625. The molecular formula is C11H22N2OS. The molecule has 2 atom stereocenters. The summed E-state index contributed by atoms with van der Waals surface area (Å²) in [6.45, 7) is 3.02. The molecule has 0 aliphatic heterocycles. The molecule has 4 heteroatoms. The van der Waals surface area contributed by atoms with E-state index in [0.29, 0.717) is 12.5 Å². The Morgan fingerprint density at radius 3 is 2.93 bits per heavy atom. The van der Waals surface area contributed by atoms with E-state index < -0.39 is 0 Å². The van der Waals surface area contributed by atoms with Crippen LogP contribution in [0.15, 0.2) is 0 Å². The van der Waals surface area contributed by atoms with Crippen molar-refractivity contribution in [3.05, 3.63) is 0 Å². The number of thioether (sulfide) groups is 1. The van der Waals surface area contributed by atoms with E-state index in [4.69, 9.17) is 0 Å². The van der Waals surface area contributed by atoms with Gasteiger partial charge in [0.15, 0.2) is 0 Å². The first-order valence-electron chi connectivity index (χ1n) is 5.83. The van der Waals surface area contributed by atoms with Gasteiger partial charge in [0.05, 0.1) is 0 Å². The van der Waals surface area contributed by atoms with Gasteiger partial charge in [0.1, 0.15) is 0 Å². The Kier molecular flexibility index (Phi) is 6.10. The van der Waals surface area contributed by atoms with Gasteiger partial charge in [-0.25, -0.2) is 0 Å². The topological polar surface area (TPSA) is 41.1 Å². The third-order valence-corrected chi connectivity index (χ3v) is 4.20. The lowest BCUT2D eigenvalue weighted by atomic mass is 10.2. The van der Waals surface area contributed by atoms with Crippen LogP contribution < -0.4 is 10.6 Å². The van der Waals surface area contributed by atoms with E-state index in [2.05, 4.69) is 17.6 Å². The molecule has 3 nitrogen and oxygen atoms in total. The molecule has 88 valence electrons. The van der Waals surface area contributed by atoms with Crippen LogP contribution in [0.25, 0.3) is 0 Å². The van der Waals surface area contributed by atoms with Gasteiger partial charge < -0.3 is 10.6 Å². The van der Waals surface area contributed by atoms with E-state index in [1.807, 2.05) is 11.8 Å². The number of carbonyl (C=O) groups excluding carboxylic acids is 1. The second kappa shape index (κ2) is 7.12. The van der Waals surface area contributed by atoms with E-state index >= 15 is 0 Å². The molecule has 0 unspecified atom stereocenters. The first kappa shape index (κ1) is 12.8. The summed E-state index contributed by atoms with van der Waals surface area (Å²) in [7, 11) is 1.69. The number of hydrogen-bond donors (Lipinski definition) is 2. The highest BCUT2D eigenvalue weighted by atomic mass is 32.2. The summed E-state index contributed by atoms with van der Waals surface area (Å²) in [6.07, 6.45) is 4.52. The predicted octanol–water partition coefficient (Wildman–Crippen LogP) is 1.39. The van der Waals surface area contributed by atoms with Crippen LogP contribution in [-0.4, -0.2) is 36.5 Å². The fraction of sp³-hybridized carbons (Fsp3) is 0.909. The van der Waals surface area contributed by atoms with Crippen molar-refractivity contribution in [2.45, 2.75) is 43.9 Å². The number of hydrogen-bond acceptors (Lipinski definition) is 3. The Bertz CT molecular complexity index is 199. The fourth-order valence-corrected chi connectivity index (χ4v) is 3.30. The lowest BCUT2D eigenvalue weighted by molar-refractivity contribution is -0.120. The van der Waals surface area contributed by atoms with Gasteiger partial charge >= 0.3 is 0 Å². The van der Waals surface area contributed by atoms with Gasteiger partial charge in [0.2, 0.25) is 5.91 Å². The standard InChI is InChI=1S/C11H22N2OS/c1-3-15-10-6-4-5-9(10)13-8-7-11(14)12-2/h9-10,13H,3-8H2,1-2H3,(H,12,14)/t9-,10-/m1/s1. The maximum absolute atomic E-state index is 11.0. The molecule has 0 radical (unpaired) electrons. The van der Waals surface area contributed by atoms with Crippen LogP contribution in [0.3, 0.4) is 0 Å². The van der Waals surface area contributed by atoms with Crippen LogP contribution in [0.2, 0.25) is 0 Å². The Hall–Kier alpha value is -0.220. The van der Waals surface area contributed by atoms with Crippen LogP contribution in [0.1, 0.15) is 32.6 Å². The molecule has 0 aromatic carbocycles. The second-order valence-electron chi connectivity index (χ2n) is 3.91. The van der Waals surface area contributed by atoms with Crippen molar-refractivity contribution in [3.8, 4) is 0 Å². The minimum atomic E-state index is 0.125. The van der Waals surface area contributed by atoms with Crippen molar-refractivity contribution in [1.82, 2.24) is 10.6 Å². The molecule has 1 aliphatic rings. The normalized spacial score (nSPS) is 25.5. The summed E-state index contributed by atoms with van der Waals surface area (Å²) in [5.74, 6) is 1.32. The molecule has 0 aromatic rings. The Balaban J connectivity index is 2.16. The zero-order chi connectivity index (χ0) is 11.1. The minimum Gasteiger partial charge on any atom is -0.359 e. The number of carbonyl (C=O) groups is 1. The van der Waals surface area contributed by atoms with Crippen molar-refractivity contribution in [2.24, 2.45) is 0 Å². The first-order chi connectivity index (χ1) is 7.27. The zero-order valence-electron chi connectivity index (χ0n) is 9.71. The van der Waals surface area contributed by atoms with Gasteiger partial charge in [-0.05, 0) is 18.6 Å². The summed E-state index contributed by atoms with van der Waals surface area (Å²) in [4.78, 5) is 11.0. The van der Waals surface area contributed by atoms with Gasteiger partial charge in [-0.15, -0.1) is 0 Å². The third kappa shape index (κ3) is 4.43. The summed E-state index contributed by atoms with van der Waals surface area (Å²) in [5.41, 5.74) is 0. The minimum absolute atomic E-state index is 0.125. The molecule has 1 saturated carbocycles. The highest BCUT2D eigenvalue weighted by Gasteiger charge is 2.26. The maximum Gasteiger partial charge on any atom is 0.221 e. The number of rotatable bonds is 6. The molecule has 0 aromatic heterocycles. The number of amides is 1. The molecule has 0 heterocycles. The van der Waals surface area contributed by atoms with Crippen molar-refractivity contribution in [2.75, 3.05) is 19.3 Å². The van der Waals surface area contributed by atoms with Crippen LogP contribution in [0.4, 0.5) is 0 Å². The molecule has 15 heavy (non-hydrogen) atoms. The molecule has 1 amide bonds. The van der Waals surface area contributed by atoms with Crippen molar-refractivity contribution in [1.29, 1.82) is 0 Å². The quantitative estimate of drug-likeness (QED) is 0.724. The van der Waals surface area contributed by atoms with Gasteiger partial charge in [0.25, 0.3) is 0 Å². The van der Waals surface area contributed by atoms with Crippen LogP contribution >= 0.6 is 11.8 Å². The SMILES string of the molecule is CCS[C@@H]1CCC[C@H]1NCCC(=O)NC. The molecule has 0 bridgehead atoms. The van der Waals surface area contributed by atoms with Crippen LogP contribution in [0.5, 0.6) is 0 Å². The monoisotopic (exact) mass is 230 g/mol. The van der Waals surface area contributed by atoms with Crippen LogP contribution in [-0.2, 0) is 4.79 Å². The van der Waals surface area contributed by atoms with E-state index in [1.165, 1.54) is 25.0 Å². The average molecular weight is 230 g/mol. The highest BCUT2D eigenvalue weighted by Crippen LogP contribution is 2.29. The first-order valence-corrected chi connectivity index (χ1v) is 6.88. The fourth-order valence-electron chi connectivity index (χ4n) is 2.07. The second-order valence-corrected chi connectivity index (χ2v) is 5.42. The molecular weight excluding hydrogens is 208 g/mol. The van der Waals surface area contributed by atoms with Crippen molar-refractivity contribution >= 4 is 17.7 Å². The molecule has 1 aliphatic carbocycles. The highest BCUT2D eigenvalue weighted by molar-refractivity contribution is 7.99. The van der Waals surface area contributed by atoms with Gasteiger partial charge in [-0.1, -0.05) is 13.3 Å². The van der Waals surface area contributed by atoms with E-state index in [9.17, 15) is 4.79 Å². The van der Waals surface area contributed by atoms with Crippen LogP contribution in [0, 0.1) is 0 Å². The van der Waals surface area contributed by atoms with E-state index in [0.717, 1.165) is 11.8 Å². The van der Waals surface area contributed by atoms with Gasteiger partial charge in [0, 0.05) is 31.3 Å². The molecule has 1 fully saturated rings. The Morgan fingerprint density at radius 2 is 2.27 bits per heavy atom. The van der Waals surface area contributed by atoms with E-state index in [1.54, 1.807) is 7.05 Å². The molecule has 0 spiro atoms. The van der Waals surface area contributed by atoms with E-state index in [-0.39, 0.29) is 5.91 Å². The Morgan fingerprint density at radius 1 is 1.47 bits per heavy atom. The van der Waals surface area contributed by atoms with Crippen molar-refractivity contribution < 1.29 is 4.79 Å². The maximum atomic E-state index is 11.0. The lowest BCUT2D eigenvalue weighted by Gasteiger charge is -2.19. The average Bonchev–Trinajstić information content (AvgIpc) is 2.66. The third-order valence-electron chi connectivity index (χ3n) is 2.87. The zero-order valence-corrected chi connectivity index (χ0v) is 10.5. The largest absolute Gasteiger partial charge is 0.359 e. The lowest BCUT2D eigenvalue weighted by Crippen LogP contribution is -2.36. The van der Waals surface area contributed by atoms with Crippen molar-refractivity contribution in [3.63, 3.8) is 0 Å². The molecule has 0 saturated heterocycles. The Labute approximate surface area is 96.8 Å². The summed E-state index contributed by atoms with van der Waals surface area (Å²) in [5, 5.41) is 6.91. The smallest absolute Gasteiger partial charge is 0.221 e. The predicted molar refractivity (Wildman–Crippen MR) is 66.2 cm³/mol. The molecule has 2 N–H and O–H groups in total. The van der Waals surface area contributed by atoms with Gasteiger partial charge in [-0.3, -0.25) is 4.79 Å². The molecule has 1 rings (SSSR count). The summed E-state index contributed by atoms with van der Waals surface area (Å²) >= 11 is 2.05.